The van der Waals surface area contributed by atoms with Crippen molar-refractivity contribution < 1.29 is 9.90 Å². The summed E-state index contributed by atoms with van der Waals surface area (Å²) in [5, 5.41) is 10.1. The van der Waals surface area contributed by atoms with E-state index in [0.717, 1.165) is 42.9 Å². The van der Waals surface area contributed by atoms with Gasteiger partial charge in [-0.25, -0.2) is 4.98 Å². The lowest BCUT2D eigenvalue weighted by atomic mass is 10.2. The van der Waals surface area contributed by atoms with E-state index in [4.69, 9.17) is 0 Å². The number of imidazole rings is 1. The number of nitrogens with one attached hydrogen (secondary N) is 1. The number of piperazine rings is 1. The minimum absolute atomic E-state index is 0.0488. The quantitative estimate of drug-likeness (QED) is 0.899. The van der Waals surface area contributed by atoms with E-state index in [9.17, 15) is 9.90 Å². The third-order valence-electron chi connectivity index (χ3n) is 4.15. The van der Waals surface area contributed by atoms with Gasteiger partial charge in [-0.3, -0.25) is 4.79 Å². The summed E-state index contributed by atoms with van der Waals surface area (Å²) in [5.74, 6) is 0.416. The molecule has 0 saturated carbocycles. The number of aliphatic hydroxyl groups excluding tert-OH is 1. The second-order valence-corrected chi connectivity index (χ2v) is 6.01. The van der Waals surface area contributed by atoms with Crippen LogP contribution in [0.15, 0.2) is 18.2 Å². The molecule has 0 spiro atoms. The molecule has 1 aromatic heterocycles. The van der Waals surface area contributed by atoms with Crippen molar-refractivity contribution in [3.05, 3.63) is 24.0 Å². The summed E-state index contributed by atoms with van der Waals surface area (Å²) >= 11 is 0. The van der Waals surface area contributed by atoms with Crippen molar-refractivity contribution in [2.45, 2.75) is 33.3 Å². The standard InChI is InChI=1S/C16H22N4O2.C2H6/c1-11(21)10-14(22)16-17-12-4-3-5-13(15(12)18-16)20-8-6-19(2)7-9-20;1-2/h3-5,14,22H,6-10H2,1-2H3,(H,17,18);1-2H3. The lowest BCUT2D eigenvalue weighted by molar-refractivity contribution is -0.119. The number of aliphatic hydroxyl groups is 1. The minimum atomic E-state index is -0.870. The van der Waals surface area contributed by atoms with E-state index in [1.54, 1.807) is 0 Å². The van der Waals surface area contributed by atoms with Crippen LogP contribution >= 0.6 is 0 Å². The fraction of sp³-hybridized carbons (Fsp3) is 0.556. The SMILES string of the molecule is CC.CC(=O)CC(O)c1nc2c(N3CCN(C)CC3)cccc2[nH]1. The highest BCUT2D eigenvalue weighted by Gasteiger charge is 2.20. The fourth-order valence-corrected chi connectivity index (χ4v) is 2.87. The van der Waals surface area contributed by atoms with Crippen LogP contribution in [-0.2, 0) is 4.79 Å². The molecule has 132 valence electrons. The summed E-state index contributed by atoms with van der Waals surface area (Å²) in [6.07, 6.45) is -0.783. The van der Waals surface area contributed by atoms with E-state index in [1.807, 2.05) is 26.0 Å². The molecule has 0 radical (unpaired) electrons. The van der Waals surface area contributed by atoms with Gasteiger partial charge in [-0.15, -0.1) is 0 Å². The van der Waals surface area contributed by atoms with Crippen LogP contribution in [0.4, 0.5) is 5.69 Å². The Morgan fingerprint density at radius 2 is 1.96 bits per heavy atom. The average molecular weight is 332 g/mol. The highest BCUT2D eigenvalue weighted by atomic mass is 16.3. The molecule has 1 saturated heterocycles. The van der Waals surface area contributed by atoms with Crippen molar-refractivity contribution in [3.63, 3.8) is 0 Å². The van der Waals surface area contributed by atoms with Crippen LogP contribution < -0.4 is 4.90 Å². The molecule has 6 heteroatoms. The van der Waals surface area contributed by atoms with Crippen molar-refractivity contribution in [3.8, 4) is 0 Å². The number of anilines is 1. The molecule has 1 aromatic carbocycles. The minimum Gasteiger partial charge on any atom is -0.385 e. The molecule has 1 atom stereocenters. The van der Waals surface area contributed by atoms with Crippen LogP contribution in [0.3, 0.4) is 0 Å². The molecule has 1 fully saturated rings. The number of carbonyl (C=O) groups excluding carboxylic acids is 1. The lowest BCUT2D eigenvalue weighted by Crippen LogP contribution is -2.44. The number of ketones is 1. The summed E-state index contributed by atoms with van der Waals surface area (Å²) in [6, 6.07) is 6.01. The number of fused-ring (bicyclic) bond motifs is 1. The Bertz CT molecular complexity index is 675. The number of hydrogen-bond donors (Lipinski definition) is 2. The van der Waals surface area contributed by atoms with Crippen LogP contribution in [0, 0.1) is 0 Å². The Morgan fingerprint density at radius 3 is 2.58 bits per heavy atom. The first-order chi connectivity index (χ1) is 11.5. The van der Waals surface area contributed by atoms with Crippen molar-refractivity contribution in [2.24, 2.45) is 0 Å². The summed E-state index contributed by atoms with van der Waals surface area (Å²) < 4.78 is 0. The first kappa shape index (κ1) is 18.4. The van der Waals surface area contributed by atoms with E-state index in [-0.39, 0.29) is 12.2 Å². The van der Waals surface area contributed by atoms with Gasteiger partial charge in [0.1, 0.15) is 23.2 Å². The predicted octanol–water partition coefficient (Wildman–Crippen LogP) is 2.35. The summed E-state index contributed by atoms with van der Waals surface area (Å²) in [4.78, 5) is 23.5. The van der Waals surface area contributed by atoms with Gasteiger partial charge in [-0.1, -0.05) is 19.9 Å². The number of rotatable bonds is 4. The van der Waals surface area contributed by atoms with Gasteiger partial charge in [0.15, 0.2) is 0 Å². The molecule has 2 heterocycles. The van der Waals surface area contributed by atoms with E-state index in [1.165, 1.54) is 6.92 Å². The molecular formula is C18H28N4O2. The Kier molecular flexibility index (Phi) is 6.34. The van der Waals surface area contributed by atoms with Crippen molar-refractivity contribution in [2.75, 3.05) is 38.1 Å². The number of aromatic nitrogens is 2. The highest BCUT2D eigenvalue weighted by Crippen LogP contribution is 2.28. The molecule has 1 aliphatic heterocycles. The van der Waals surface area contributed by atoms with Gasteiger partial charge in [0, 0.05) is 32.6 Å². The Labute approximate surface area is 143 Å². The van der Waals surface area contributed by atoms with E-state index < -0.39 is 6.10 Å². The van der Waals surface area contributed by atoms with E-state index in [0.29, 0.717) is 5.82 Å². The summed E-state index contributed by atoms with van der Waals surface area (Å²) in [7, 11) is 2.13. The molecule has 0 amide bonds. The topological polar surface area (TPSA) is 72.5 Å². The highest BCUT2D eigenvalue weighted by molar-refractivity contribution is 5.89. The maximum absolute atomic E-state index is 11.2. The molecular weight excluding hydrogens is 304 g/mol. The molecule has 24 heavy (non-hydrogen) atoms. The zero-order chi connectivity index (χ0) is 17.7. The first-order valence-electron chi connectivity index (χ1n) is 8.64. The number of nitrogens with zero attached hydrogens (tertiary/aromatic N) is 3. The zero-order valence-corrected chi connectivity index (χ0v) is 15.0. The molecule has 3 rings (SSSR count). The van der Waals surface area contributed by atoms with Crippen LogP contribution in [0.1, 0.15) is 39.1 Å². The normalized spacial score (nSPS) is 16.6. The monoisotopic (exact) mass is 332 g/mol. The van der Waals surface area contributed by atoms with Crippen LogP contribution in [0.5, 0.6) is 0 Å². The predicted molar refractivity (Wildman–Crippen MR) is 97.4 cm³/mol. The number of benzene rings is 1. The number of carbonyl (C=O) groups is 1. The smallest absolute Gasteiger partial charge is 0.136 e. The van der Waals surface area contributed by atoms with Crippen LogP contribution in [0.25, 0.3) is 11.0 Å². The number of likely N-dealkylation sites (N-methyl/N-ethyl adjacent to an activating group) is 1. The average Bonchev–Trinajstić information content (AvgIpc) is 3.01. The lowest BCUT2D eigenvalue weighted by Gasteiger charge is -2.34. The van der Waals surface area contributed by atoms with Crippen LogP contribution in [-0.4, -0.2) is 59.0 Å². The third kappa shape index (κ3) is 4.13. The van der Waals surface area contributed by atoms with E-state index in [2.05, 4.69) is 32.9 Å². The first-order valence-corrected chi connectivity index (χ1v) is 8.64. The van der Waals surface area contributed by atoms with Gasteiger partial charge in [0.25, 0.3) is 0 Å². The number of H-pyrrole nitrogens is 1. The molecule has 6 nitrogen and oxygen atoms in total. The summed E-state index contributed by atoms with van der Waals surface area (Å²) in [6.45, 7) is 9.46. The maximum atomic E-state index is 11.2. The molecule has 2 aromatic rings. The van der Waals surface area contributed by atoms with Gasteiger partial charge in [0.05, 0.1) is 11.2 Å². The summed E-state index contributed by atoms with van der Waals surface area (Å²) in [5.41, 5.74) is 2.85. The maximum Gasteiger partial charge on any atom is 0.136 e. The molecule has 1 unspecified atom stereocenters. The molecule has 0 aliphatic carbocycles. The van der Waals surface area contributed by atoms with Crippen molar-refractivity contribution in [1.29, 1.82) is 0 Å². The van der Waals surface area contributed by atoms with Gasteiger partial charge < -0.3 is 19.9 Å². The molecule has 2 N–H and O–H groups in total. The van der Waals surface area contributed by atoms with Gasteiger partial charge in [0.2, 0.25) is 0 Å². The van der Waals surface area contributed by atoms with Gasteiger partial charge in [-0.05, 0) is 26.1 Å². The van der Waals surface area contributed by atoms with Gasteiger partial charge in [-0.2, -0.15) is 0 Å². The van der Waals surface area contributed by atoms with Crippen LogP contribution in [0.2, 0.25) is 0 Å². The van der Waals surface area contributed by atoms with Crippen molar-refractivity contribution in [1.82, 2.24) is 14.9 Å². The second-order valence-electron chi connectivity index (χ2n) is 6.01. The third-order valence-corrected chi connectivity index (χ3v) is 4.15. The number of Topliss-reactive ketones (excluding diaryl/α,β-unsaturated/α-hetero) is 1. The largest absolute Gasteiger partial charge is 0.385 e. The Balaban J connectivity index is 0.00000100. The second kappa shape index (κ2) is 8.26. The molecule has 0 bridgehead atoms. The molecule has 1 aliphatic rings. The van der Waals surface area contributed by atoms with Crippen molar-refractivity contribution >= 4 is 22.5 Å². The number of aromatic amines is 1. The fourth-order valence-electron chi connectivity index (χ4n) is 2.87. The van der Waals surface area contributed by atoms with E-state index >= 15 is 0 Å². The van der Waals surface area contributed by atoms with Gasteiger partial charge >= 0.3 is 0 Å². The Hall–Kier alpha value is -1.92. The number of para-hydroxylation sites is 1. The zero-order valence-electron chi connectivity index (χ0n) is 15.0. The number of hydrogen-bond acceptors (Lipinski definition) is 5. The Morgan fingerprint density at radius 1 is 1.29 bits per heavy atom.